The van der Waals surface area contributed by atoms with Crippen LogP contribution in [0.25, 0.3) is 67.1 Å². The Morgan fingerprint density at radius 2 is 0.737 bits per heavy atom. The molecule has 2 aromatic heterocycles. The summed E-state index contributed by atoms with van der Waals surface area (Å²) in [5.74, 6) is 2.63. The van der Waals surface area contributed by atoms with Crippen molar-refractivity contribution >= 4 is 21.5 Å². The average Bonchev–Trinajstić information content (AvgIpc) is 3.01. The van der Waals surface area contributed by atoms with Gasteiger partial charge in [0.2, 0.25) is 0 Å². The highest BCUT2D eigenvalue weighted by Crippen LogP contribution is 2.31. The number of benzene rings is 5. The van der Waals surface area contributed by atoms with E-state index in [2.05, 4.69) is 68.5 Å². The first-order chi connectivity index (χ1) is 18.8. The molecule has 0 aliphatic carbocycles. The fourth-order valence-electron chi connectivity index (χ4n) is 4.67. The molecule has 0 aliphatic rings. The normalized spacial score (nSPS) is 11.2. The second kappa shape index (κ2) is 9.26. The Balaban J connectivity index is 1.25. The summed E-state index contributed by atoms with van der Waals surface area (Å²) in [6.45, 7) is 0. The molecule has 0 amide bonds. The first-order valence-electron chi connectivity index (χ1n) is 12.3. The van der Waals surface area contributed by atoms with E-state index in [4.69, 9.17) is 9.97 Å². The van der Waals surface area contributed by atoms with E-state index in [0.717, 1.165) is 43.8 Å². The molecule has 0 bridgehead atoms. The Bertz CT molecular complexity index is 1780. The fourth-order valence-corrected chi connectivity index (χ4v) is 4.67. The molecule has 0 N–H and O–H groups in total. The molecule has 6 heteroatoms. The molecule has 6 nitrogen and oxygen atoms in total. The van der Waals surface area contributed by atoms with Crippen molar-refractivity contribution in [3.63, 3.8) is 0 Å². The van der Waals surface area contributed by atoms with Gasteiger partial charge < -0.3 is 0 Å². The topological polar surface area (TPSA) is 77.3 Å². The molecular formula is C32H20N6. The van der Waals surface area contributed by atoms with E-state index in [-0.39, 0.29) is 0 Å². The van der Waals surface area contributed by atoms with E-state index in [9.17, 15) is 0 Å². The van der Waals surface area contributed by atoms with Crippen molar-refractivity contribution in [2.75, 3.05) is 0 Å². The molecule has 0 fully saturated rings. The van der Waals surface area contributed by atoms with Crippen LogP contribution < -0.4 is 0 Å². The minimum absolute atomic E-state index is 0.653. The number of aromatic nitrogens is 6. The van der Waals surface area contributed by atoms with Gasteiger partial charge in [0.25, 0.3) is 0 Å². The van der Waals surface area contributed by atoms with Crippen LogP contribution in [-0.4, -0.2) is 29.9 Å². The van der Waals surface area contributed by atoms with Crippen LogP contribution in [0.2, 0.25) is 0 Å². The second-order valence-corrected chi connectivity index (χ2v) is 8.93. The van der Waals surface area contributed by atoms with E-state index >= 15 is 0 Å². The third-order valence-electron chi connectivity index (χ3n) is 6.56. The molecule has 2 heterocycles. The van der Waals surface area contributed by atoms with Crippen LogP contribution in [0.3, 0.4) is 0 Å². The molecule has 0 unspecified atom stereocenters. The molecule has 0 spiro atoms. The van der Waals surface area contributed by atoms with Crippen molar-refractivity contribution in [2.45, 2.75) is 0 Å². The third-order valence-corrected chi connectivity index (χ3v) is 6.56. The Morgan fingerprint density at radius 3 is 1.16 bits per heavy atom. The predicted octanol–water partition coefficient (Wildman–Crippen LogP) is 7.03. The zero-order valence-electron chi connectivity index (χ0n) is 20.2. The highest BCUT2D eigenvalue weighted by Gasteiger charge is 2.10. The molecule has 178 valence electrons. The van der Waals surface area contributed by atoms with Crippen LogP contribution in [-0.2, 0) is 0 Å². The van der Waals surface area contributed by atoms with Gasteiger partial charge in [-0.3, -0.25) is 0 Å². The number of hydrogen-bond acceptors (Lipinski definition) is 6. The van der Waals surface area contributed by atoms with Crippen molar-refractivity contribution in [2.24, 2.45) is 0 Å². The number of nitrogens with zero attached hydrogens (tertiary/aromatic N) is 6. The van der Waals surface area contributed by atoms with Gasteiger partial charge in [-0.15, -0.1) is 0 Å². The molecule has 0 aliphatic heterocycles. The lowest BCUT2D eigenvalue weighted by atomic mass is 9.98. The fraction of sp³-hybridized carbons (Fsp3) is 0. The standard InChI is InChI=1S/C32H20N6/c1-3-7-21(8-4-1)29-33-19-35-31(37-29)25-13-15-27-23(17-25)11-12-24-18-26(14-16-28(24)27)32-36-20-34-30(38-32)22-9-5-2-6-10-22/h1-20H. The number of hydrogen-bond donors (Lipinski definition) is 0. The lowest BCUT2D eigenvalue weighted by Gasteiger charge is -2.09. The molecule has 7 aromatic rings. The quantitative estimate of drug-likeness (QED) is 0.248. The van der Waals surface area contributed by atoms with Gasteiger partial charge in [0, 0.05) is 22.3 Å². The van der Waals surface area contributed by atoms with Crippen molar-refractivity contribution in [3.8, 4) is 45.6 Å². The van der Waals surface area contributed by atoms with Gasteiger partial charge in [-0.1, -0.05) is 97.1 Å². The summed E-state index contributed by atoms with van der Waals surface area (Å²) in [6.07, 6.45) is 3.14. The first kappa shape index (κ1) is 21.9. The summed E-state index contributed by atoms with van der Waals surface area (Å²) in [6, 6.07) is 36.8. The SMILES string of the molecule is c1ccc(-c2ncnc(-c3ccc4c(ccc5cc(-c6ncnc(-c7ccccc7)n6)ccc54)c3)n2)cc1. The highest BCUT2D eigenvalue weighted by molar-refractivity contribution is 6.09. The molecule has 0 saturated heterocycles. The maximum absolute atomic E-state index is 4.72. The van der Waals surface area contributed by atoms with Gasteiger partial charge in [-0.2, -0.15) is 0 Å². The number of fused-ring (bicyclic) bond motifs is 3. The van der Waals surface area contributed by atoms with Crippen molar-refractivity contribution in [3.05, 3.63) is 122 Å². The Labute approximate surface area is 218 Å². The summed E-state index contributed by atoms with van der Waals surface area (Å²) in [5, 5.41) is 4.57. The van der Waals surface area contributed by atoms with Crippen molar-refractivity contribution in [1.82, 2.24) is 29.9 Å². The van der Waals surface area contributed by atoms with Gasteiger partial charge in [-0.25, -0.2) is 29.9 Å². The van der Waals surface area contributed by atoms with Gasteiger partial charge in [0.05, 0.1) is 0 Å². The van der Waals surface area contributed by atoms with Crippen LogP contribution >= 0.6 is 0 Å². The largest absolute Gasteiger partial charge is 0.217 e. The minimum Gasteiger partial charge on any atom is -0.217 e. The molecule has 0 saturated carbocycles. The van der Waals surface area contributed by atoms with Crippen LogP contribution in [0.15, 0.2) is 122 Å². The number of rotatable bonds is 4. The van der Waals surface area contributed by atoms with E-state index in [1.165, 1.54) is 0 Å². The van der Waals surface area contributed by atoms with Gasteiger partial charge in [0.15, 0.2) is 23.3 Å². The summed E-state index contributed by atoms with van der Waals surface area (Å²) in [5.41, 5.74) is 3.83. The first-order valence-corrected chi connectivity index (χ1v) is 12.3. The summed E-state index contributed by atoms with van der Waals surface area (Å²) >= 11 is 0. The molecule has 7 rings (SSSR count). The van der Waals surface area contributed by atoms with E-state index in [0.29, 0.717) is 23.3 Å². The van der Waals surface area contributed by atoms with Crippen molar-refractivity contribution < 1.29 is 0 Å². The molecule has 38 heavy (non-hydrogen) atoms. The van der Waals surface area contributed by atoms with Gasteiger partial charge >= 0.3 is 0 Å². The van der Waals surface area contributed by atoms with Crippen LogP contribution in [0.5, 0.6) is 0 Å². The van der Waals surface area contributed by atoms with Gasteiger partial charge in [0.1, 0.15) is 12.7 Å². The minimum atomic E-state index is 0.653. The highest BCUT2D eigenvalue weighted by atomic mass is 15.0. The molecule has 5 aromatic carbocycles. The van der Waals surface area contributed by atoms with Crippen LogP contribution in [0.1, 0.15) is 0 Å². The zero-order chi connectivity index (χ0) is 25.3. The molecular weight excluding hydrogens is 468 g/mol. The monoisotopic (exact) mass is 488 g/mol. The van der Waals surface area contributed by atoms with E-state index < -0.39 is 0 Å². The smallest absolute Gasteiger partial charge is 0.163 e. The predicted molar refractivity (Wildman–Crippen MR) is 150 cm³/mol. The second-order valence-electron chi connectivity index (χ2n) is 8.93. The van der Waals surface area contributed by atoms with Gasteiger partial charge in [-0.05, 0) is 33.7 Å². The van der Waals surface area contributed by atoms with E-state index in [1.54, 1.807) is 12.7 Å². The maximum Gasteiger partial charge on any atom is 0.163 e. The zero-order valence-corrected chi connectivity index (χ0v) is 20.2. The Hall–Kier alpha value is -5.36. The van der Waals surface area contributed by atoms with Crippen molar-refractivity contribution in [1.29, 1.82) is 0 Å². The maximum atomic E-state index is 4.72. The Kier molecular flexibility index (Phi) is 5.33. The lowest BCUT2D eigenvalue weighted by Crippen LogP contribution is -1.95. The molecule has 0 radical (unpaired) electrons. The average molecular weight is 489 g/mol. The lowest BCUT2D eigenvalue weighted by molar-refractivity contribution is 1.07. The Morgan fingerprint density at radius 1 is 0.342 bits per heavy atom. The summed E-state index contributed by atoms with van der Waals surface area (Å²) in [4.78, 5) is 27.0. The van der Waals surface area contributed by atoms with Crippen LogP contribution in [0, 0.1) is 0 Å². The summed E-state index contributed by atoms with van der Waals surface area (Å²) < 4.78 is 0. The third kappa shape index (κ3) is 4.04. The van der Waals surface area contributed by atoms with E-state index in [1.807, 2.05) is 60.7 Å². The molecule has 0 atom stereocenters. The summed E-state index contributed by atoms with van der Waals surface area (Å²) in [7, 11) is 0. The van der Waals surface area contributed by atoms with Crippen LogP contribution in [0.4, 0.5) is 0 Å².